The van der Waals surface area contributed by atoms with Crippen molar-refractivity contribution >= 4 is 17.3 Å². The summed E-state index contributed by atoms with van der Waals surface area (Å²) in [6.07, 6.45) is 4.93. The third-order valence-corrected chi connectivity index (χ3v) is 4.53. The van der Waals surface area contributed by atoms with Crippen LogP contribution in [0.3, 0.4) is 0 Å². The van der Waals surface area contributed by atoms with Gasteiger partial charge in [-0.15, -0.1) is 0 Å². The highest BCUT2D eigenvalue weighted by Gasteiger charge is 2.32. The number of nitrogens with zero attached hydrogens (tertiary/aromatic N) is 2. The van der Waals surface area contributed by atoms with E-state index in [1.54, 1.807) is 6.07 Å². The Balaban J connectivity index is 1.83. The van der Waals surface area contributed by atoms with E-state index in [4.69, 9.17) is 11.6 Å². The minimum atomic E-state index is 0.607. The highest BCUT2D eigenvalue weighted by Crippen LogP contribution is 2.36. The summed E-state index contributed by atoms with van der Waals surface area (Å²) in [6.45, 7) is 3.29. The maximum atomic E-state index is 9.34. The van der Waals surface area contributed by atoms with Crippen LogP contribution in [0.4, 0.5) is 5.69 Å². The maximum Gasteiger partial charge on any atom is 0.101 e. The molecule has 0 bridgehead atoms. The van der Waals surface area contributed by atoms with Crippen molar-refractivity contribution in [2.75, 3.05) is 24.5 Å². The molecule has 1 N–H and O–H groups in total. The number of rotatable bonds is 4. The number of nitriles is 1. The van der Waals surface area contributed by atoms with Crippen LogP contribution < -0.4 is 10.2 Å². The van der Waals surface area contributed by atoms with Crippen LogP contribution in [0.1, 0.15) is 31.2 Å². The molecule has 0 unspecified atom stereocenters. The molecule has 1 aromatic rings. The molecule has 3 rings (SSSR count). The van der Waals surface area contributed by atoms with Gasteiger partial charge in [-0.3, -0.25) is 0 Å². The first kappa shape index (κ1) is 13.7. The van der Waals surface area contributed by atoms with Gasteiger partial charge in [0.15, 0.2) is 0 Å². The number of halogens is 1. The molecule has 106 valence electrons. The molecule has 20 heavy (non-hydrogen) atoms. The molecule has 3 nitrogen and oxygen atoms in total. The SMILES string of the molecule is N#Cc1ccc(Cl)cc1N(CC1CCNCC1)C1CC1. The molecule has 0 atom stereocenters. The van der Waals surface area contributed by atoms with Gasteiger partial charge in [-0.05, 0) is 62.9 Å². The minimum Gasteiger partial charge on any atom is -0.367 e. The van der Waals surface area contributed by atoms with Gasteiger partial charge < -0.3 is 10.2 Å². The number of benzene rings is 1. The zero-order chi connectivity index (χ0) is 13.9. The standard InChI is InChI=1S/C16H20ClN3/c17-14-2-1-13(10-18)16(9-14)20(15-3-4-15)11-12-5-7-19-8-6-12/h1-2,9,12,15,19H,3-8,11H2. The predicted octanol–water partition coefficient (Wildman–Crippen LogP) is 3.18. The Morgan fingerprint density at radius 1 is 1.25 bits per heavy atom. The molecule has 4 heteroatoms. The summed E-state index contributed by atoms with van der Waals surface area (Å²) in [6, 6.07) is 8.52. The normalized spacial score (nSPS) is 19.6. The van der Waals surface area contributed by atoms with E-state index in [1.165, 1.54) is 25.7 Å². The molecule has 1 aliphatic carbocycles. The van der Waals surface area contributed by atoms with Gasteiger partial charge in [0.05, 0.1) is 11.3 Å². The van der Waals surface area contributed by atoms with Crippen LogP contribution in [0.5, 0.6) is 0 Å². The van der Waals surface area contributed by atoms with Gasteiger partial charge in [-0.25, -0.2) is 0 Å². The third kappa shape index (κ3) is 3.08. The van der Waals surface area contributed by atoms with Crippen molar-refractivity contribution in [3.63, 3.8) is 0 Å². The summed E-state index contributed by atoms with van der Waals surface area (Å²) in [5, 5.41) is 13.5. The fourth-order valence-corrected chi connectivity index (χ4v) is 3.18. The molecule has 1 aromatic carbocycles. The number of hydrogen-bond donors (Lipinski definition) is 1. The largest absolute Gasteiger partial charge is 0.367 e. The van der Waals surface area contributed by atoms with Crippen LogP contribution in [0.15, 0.2) is 18.2 Å². The van der Waals surface area contributed by atoms with E-state index in [0.717, 1.165) is 41.8 Å². The summed E-state index contributed by atoms with van der Waals surface area (Å²) in [4.78, 5) is 2.43. The Morgan fingerprint density at radius 2 is 2.00 bits per heavy atom. The van der Waals surface area contributed by atoms with Crippen molar-refractivity contribution in [1.29, 1.82) is 5.26 Å². The van der Waals surface area contributed by atoms with Crippen molar-refractivity contribution in [1.82, 2.24) is 5.32 Å². The van der Waals surface area contributed by atoms with E-state index in [9.17, 15) is 5.26 Å². The third-order valence-electron chi connectivity index (χ3n) is 4.29. The first-order chi connectivity index (χ1) is 9.78. The van der Waals surface area contributed by atoms with Gasteiger partial charge in [-0.2, -0.15) is 5.26 Å². The van der Waals surface area contributed by atoms with Crippen LogP contribution in [-0.2, 0) is 0 Å². The highest BCUT2D eigenvalue weighted by molar-refractivity contribution is 6.30. The van der Waals surface area contributed by atoms with E-state index in [0.29, 0.717) is 6.04 Å². The quantitative estimate of drug-likeness (QED) is 0.925. The van der Waals surface area contributed by atoms with Gasteiger partial charge in [0.1, 0.15) is 6.07 Å². The average Bonchev–Trinajstić information content (AvgIpc) is 3.30. The zero-order valence-electron chi connectivity index (χ0n) is 11.6. The minimum absolute atomic E-state index is 0.607. The molecular weight excluding hydrogens is 270 g/mol. The Bertz CT molecular complexity index is 513. The molecule has 2 fully saturated rings. The lowest BCUT2D eigenvalue weighted by Crippen LogP contribution is -2.37. The van der Waals surface area contributed by atoms with Gasteiger partial charge in [0.2, 0.25) is 0 Å². The van der Waals surface area contributed by atoms with E-state index in [1.807, 2.05) is 12.1 Å². The Hall–Kier alpha value is -1.24. The molecule has 1 saturated carbocycles. The first-order valence-corrected chi connectivity index (χ1v) is 7.82. The summed E-state index contributed by atoms with van der Waals surface area (Å²) < 4.78 is 0. The summed E-state index contributed by atoms with van der Waals surface area (Å²) in [7, 11) is 0. The lowest BCUT2D eigenvalue weighted by Gasteiger charge is -2.32. The van der Waals surface area contributed by atoms with Crippen LogP contribution in [0.2, 0.25) is 5.02 Å². The highest BCUT2D eigenvalue weighted by atomic mass is 35.5. The Morgan fingerprint density at radius 3 is 2.65 bits per heavy atom. The van der Waals surface area contributed by atoms with Crippen molar-refractivity contribution in [3.8, 4) is 6.07 Å². The monoisotopic (exact) mass is 289 g/mol. The Kier molecular flexibility index (Phi) is 4.14. The van der Waals surface area contributed by atoms with Crippen molar-refractivity contribution in [2.45, 2.75) is 31.7 Å². The Labute approximate surface area is 125 Å². The molecule has 1 aliphatic heterocycles. The van der Waals surface area contributed by atoms with Crippen LogP contribution in [0.25, 0.3) is 0 Å². The predicted molar refractivity (Wildman–Crippen MR) is 82.1 cm³/mol. The number of anilines is 1. The maximum absolute atomic E-state index is 9.34. The first-order valence-electron chi connectivity index (χ1n) is 7.45. The van der Waals surface area contributed by atoms with Gasteiger partial charge in [-0.1, -0.05) is 11.6 Å². The summed E-state index contributed by atoms with van der Waals surface area (Å²) >= 11 is 6.14. The molecular formula is C16H20ClN3. The number of hydrogen-bond acceptors (Lipinski definition) is 3. The number of piperidine rings is 1. The van der Waals surface area contributed by atoms with E-state index < -0.39 is 0 Å². The lowest BCUT2D eigenvalue weighted by atomic mass is 9.97. The van der Waals surface area contributed by atoms with Gasteiger partial charge >= 0.3 is 0 Å². The molecule has 0 radical (unpaired) electrons. The van der Waals surface area contributed by atoms with E-state index in [2.05, 4.69) is 16.3 Å². The summed E-state index contributed by atoms with van der Waals surface area (Å²) in [5.74, 6) is 0.724. The van der Waals surface area contributed by atoms with E-state index in [-0.39, 0.29) is 0 Å². The fraction of sp³-hybridized carbons (Fsp3) is 0.562. The molecule has 0 aromatic heterocycles. The van der Waals surface area contributed by atoms with Crippen LogP contribution in [-0.4, -0.2) is 25.7 Å². The lowest BCUT2D eigenvalue weighted by molar-refractivity contribution is 0.372. The average molecular weight is 290 g/mol. The topological polar surface area (TPSA) is 39.1 Å². The van der Waals surface area contributed by atoms with Gasteiger partial charge in [0.25, 0.3) is 0 Å². The second-order valence-corrected chi connectivity index (χ2v) is 6.29. The van der Waals surface area contributed by atoms with Crippen molar-refractivity contribution < 1.29 is 0 Å². The summed E-state index contributed by atoms with van der Waals surface area (Å²) in [5.41, 5.74) is 1.77. The van der Waals surface area contributed by atoms with Crippen LogP contribution >= 0.6 is 11.6 Å². The molecule has 0 spiro atoms. The zero-order valence-corrected chi connectivity index (χ0v) is 12.4. The number of nitrogens with one attached hydrogen (secondary N) is 1. The van der Waals surface area contributed by atoms with Crippen molar-refractivity contribution in [2.24, 2.45) is 5.92 Å². The molecule has 2 aliphatic rings. The van der Waals surface area contributed by atoms with Crippen molar-refractivity contribution in [3.05, 3.63) is 28.8 Å². The smallest absolute Gasteiger partial charge is 0.101 e. The fourth-order valence-electron chi connectivity index (χ4n) is 3.01. The van der Waals surface area contributed by atoms with Crippen LogP contribution in [0, 0.1) is 17.2 Å². The second-order valence-electron chi connectivity index (χ2n) is 5.85. The molecule has 1 heterocycles. The molecule has 0 amide bonds. The molecule has 1 saturated heterocycles. The van der Waals surface area contributed by atoms with Gasteiger partial charge in [0, 0.05) is 17.6 Å². The van der Waals surface area contributed by atoms with E-state index >= 15 is 0 Å². The second kappa shape index (κ2) is 6.03.